The quantitative estimate of drug-likeness (QED) is 0.452. The van der Waals surface area contributed by atoms with Crippen molar-refractivity contribution >= 4 is 29.1 Å². The third-order valence-corrected chi connectivity index (χ3v) is 4.85. The second-order valence-corrected chi connectivity index (χ2v) is 7.23. The molecular formula is C19H20F3N5O7. The van der Waals surface area contributed by atoms with Gasteiger partial charge in [0.25, 0.3) is 0 Å². The fourth-order valence-electron chi connectivity index (χ4n) is 3.71. The number of aromatic nitrogens is 4. The molecule has 1 aliphatic rings. The minimum atomic E-state index is -5.01. The van der Waals surface area contributed by atoms with Gasteiger partial charge < -0.3 is 24.7 Å². The molecule has 0 aliphatic carbocycles. The van der Waals surface area contributed by atoms with E-state index in [1.807, 2.05) is 0 Å². The first-order chi connectivity index (χ1) is 15.9. The van der Waals surface area contributed by atoms with Crippen LogP contribution in [0.25, 0.3) is 11.2 Å². The molecule has 0 radical (unpaired) electrons. The Morgan fingerprint density at radius 1 is 1.32 bits per heavy atom. The molecule has 2 aromatic heterocycles. The number of terminal acetylenes is 1. The SMILES string of the molecule is C#CCn1c(=O)n([C@@H]2O[C@H]([C@@H](OC(C)=O)C(F)(F)F)C[C@H]2OC(C)=O)c2nc(N)nc(OC)c21. The van der Waals surface area contributed by atoms with Gasteiger partial charge in [0.05, 0.1) is 13.7 Å². The average molecular weight is 487 g/mol. The summed E-state index contributed by atoms with van der Waals surface area (Å²) in [6.45, 7) is 1.56. The zero-order valence-corrected chi connectivity index (χ0v) is 18.2. The number of esters is 2. The smallest absolute Gasteiger partial charge is 0.428 e. The lowest BCUT2D eigenvalue weighted by Gasteiger charge is -2.25. The van der Waals surface area contributed by atoms with Crippen LogP contribution in [0.1, 0.15) is 26.5 Å². The Bertz CT molecular complexity index is 1220. The van der Waals surface area contributed by atoms with Crippen LogP contribution < -0.4 is 16.2 Å². The summed E-state index contributed by atoms with van der Waals surface area (Å²) < 4.78 is 63.0. The summed E-state index contributed by atoms with van der Waals surface area (Å²) in [5.74, 6) is -0.216. The second kappa shape index (κ2) is 9.21. The summed E-state index contributed by atoms with van der Waals surface area (Å²) >= 11 is 0. The van der Waals surface area contributed by atoms with Crippen LogP contribution in [0.5, 0.6) is 5.88 Å². The Balaban J connectivity index is 2.21. The van der Waals surface area contributed by atoms with Crippen molar-refractivity contribution in [3.8, 4) is 18.2 Å². The number of hydrogen-bond acceptors (Lipinski definition) is 10. The van der Waals surface area contributed by atoms with Crippen molar-refractivity contribution < 1.29 is 41.7 Å². The highest BCUT2D eigenvalue weighted by atomic mass is 19.4. The maximum Gasteiger partial charge on any atom is 0.428 e. The molecule has 184 valence electrons. The number of carbonyl (C=O) groups excluding carboxylic acids is 2. The van der Waals surface area contributed by atoms with Crippen molar-refractivity contribution in [2.24, 2.45) is 0 Å². The summed E-state index contributed by atoms with van der Waals surface area (Å²) in [6, 6.07) is 0. The molecule has 34 heavy (non-hydrogen) atoms. The number of fused-ring (bicyclic) bond motifs is 1. The zero-order valence-electron chi connectivity index (χ0n) is 18.2. The van der Waals surface area contributed by atoms with Gasteiger partial charge in [0.15, 0.2) is 17.4 Å². The number of anilines is 1. The van der Waals surface area contributed by atoms with Gasteiger partial charge in [-0.15, -0.1) is 6.42 Å². The van der Waals surface area contributed by atoms with E-state index in [1.165, 1.54) is 7.11 Å². The zero-order chi connectivity index (χ0) is 25.4. The molecule has 1 saturated heterocycles. The van der Waals surface area contributed by atoms with E-state index in [2.05, 4.69) is 20.6 Å². The number of ether oxygens (including phenoxy) is 4. The largest absolute Gasteiger partial charge is 0.479 e. The molecule has 3 heterocycles. The first-order valence-electron chi connectivity index (χ1n) is 9.71. The highest BCUT2D eigenvalue weighted by molar-refractivity contribution is 5.79. The Morgan fingerprint density at radius 3 is 2.53 bits per heavy atom. The van der Waals surface area contributed by atoms with Gasteiger partial charge in [0.2, 0.25) is 17.9 Å². The molecule has 1 fully saturated rings. The van der Waals surface area contributed by atoms with E-state index in [0.29, 0.717) is 0 Å². The number of halogens is 3. The lowest BCUT2D eigenvalue weighted by atomic mass is 10.1. The molecule has 1 aliphatic heterocycles. The molecule has 2 N–H and O–H groups in total. The predicted molar refractivity (Wildman–Crippen MR) is 107 cm³/mol. The van der Waals surface area contributed by atoms with Gasteiger partial charge in [-0.25, -0.2) is 9.36 Å². The number of nitrogens with two attached hydrogens (primary N) is 1. The molecule has 2 aromatic rings. The monoisotopic (exact) mass is 487 g/mol. The van der Waals surface area contributed by atoms with Crippen LogP contribution >= 0.6 is 0 Å². The van der Waals surface area contributed by atoms with E-state index in [4.69, 9.17) is 26.4 Å². The van der Waals surface area contributed by atoms with Crippen molar-refractivity contribution in [1.29, 1.82) is 0 Å². The van der Waals surface area contributed by atoms with Crippen LogP contribution in [-0.4, -0.2) is 62.6 Å². The fourth-order valence-corrected chi connectivity index (χ4v) is 3.71. The number of methoxy groups -OCH3 is 1. The molecule has 4 atom stereocenters. The second-order valence-electron chi connectivity index (χ2n) is 7.23. The molecule has 0 amide bonds. The third kappa shape index (κ3) is 4.62. The van der Waals surface area contributed by atoms with Crippen molar-refractivity contribution in [2.45, 2.75) is 57.5 Å². The standard InChI is InChI=1S/C19H20F3N5O7/c1-5-6-26-12-14(24-17(23)25-15(12)31-4)27(18(26)30)16-11(32-8(2)28)7-10(34-16)13(19(20,21)22)33-9(3)29/h1,10-11,13,16H,6-7H2,2-4H3,(H2,23,24,25)/t10-,11+,13+,16+/m0/s1. The average Bonchev–Trinajstić information content (AvgIpc) is 3.22. The van der Waals surface area contributed by atoms with E-state index in [0.717, 1.165) is 23.0 Å². The molecule has 12 nitrogen and oxygen atoms in total. The van der Waals surface area contributed by atoms with Gasteiger partial charge in [0, 0.05) is 20.3 Å². The number of alkyl halides is 3. The Kier molecular flexibility index (Phi) is 6.73. The van der Waals surface area contributed by atoms with Gasteiger partial charge in [-0.05, 0) is 0 Å². The van der Waals surface area contributed by atoms with Gasteiger partial charge in [-0.2, -0.15) is 23.1 Å². The highest BCUT2D eigenvalue weighted by Gasteiger charge is 2.54. The van der Waals surface area contributed by atoms with Crippen molar-refractivity contribution in [2.75, 3.05) is 12.8 Å². The predicted octanol–water partition coefficient (Wildman–Crippen LogP) is 0.530. The topological polar surface area (TPSA) is 150 Å². The van der Waals surface area contributed by atoms with Crippen LogP contribution in [0.4, 0.5) is 19.1 Å². The van der Waals surface area contributed by atoms with Crippen LogP contribution in [0.3, 0.4) is 0 Å². The fraction of sp³-hybridized carbons (Fsp3) is 0.526. The maximum absolute atomic E-state index is 13.6. The summed E-state index contributed by atoms with van der Waals surface area (Å²) in [5, 5.41) is 0. The number of carbonyl (C=O) groups is 2. The van der Waals surface area contributed by atoms with Gasteiger partial charge in [0.1, 0.15) is 12.2 Å². The van der Waals surface area contributed by atoms with Crippen LogP contribution in [0.15, 0.2) is 4.79 Å². The van der Waals surface area contributed by atoms with E-state index in [1.54, 1.807) is 0 Å². The van der Waals surface area contributed by atoms with Crippen LogP contribution in [-0.2, 0) is 30.3 Å². The number of rotatable bonds is 6. The first kappa shape index (κ1) is 24.8. The molecule has 0 saturated carbocycles. The summed E-state index contributed by atoms with van der Waals surface area (Å²) in [7, 11) is 1.25. The Morgan fingerprint density at radius 2 is 2.00 bits per heavy atom. The maximum atomic E-state index is 13.6. The van der Waals surface area contributed by atoms with Crippen molar-refractivity contribution in [3.63, 3.8) is 0 Å². The number of nitrogen functional groups attached to an aromatic ring is 1. The van der Waals surface area contributed by atoms with Crippen LogP contribution in [0, 0.1) is 12.3 Å². The highest BCUT2D eigenvalue weighted by Crippen LogP contribution is 2.39. The molecule has 0 unspecified atom stereocenters. The van der Waals surface area contributed by atoms with Gasteiger partial charge in [-0.1, -0.05) is 5.92 Å². The van der Waals surface area contributed by atoms with Crippen molar-refractivity contribution in [3.05, 3.63) is 10.5 Å². The number of imidazole rings is 1. The summed E-state index contributed by atoms with van der Waals surface area (Å²) in [4.78, 5) is 44.1. The van der Waals surface area contributed by atoms with Crippen LogP contribution in [0.2, 0.25) is 0 Å². The minimum absolute atomic E-state index is 0.000586. The van der Waals surface area contributed by atoms with Gasteiger partial charge in [-0.3, -0.25) is 14.2 Å². The molecule has 0 bridgehead atoms. The van der Waals surface area contributed by atoms with E-state index < -0.39 is 54.8 Å². The normalized spacial score (nSPS) is 21.1. The summed E-state index contributed by atoms with van der Waals surface area (Å²) in [5.41, 5.74) is 4.67. The molecule has 15 heteroatoms. The van der Waals surface area contributed by atoms with Crippen molar-refractivity contribution in [1.82, 2.24) is 19.1 Å². The Labute approximate surface area is 189 Å². The molecule has 0 aromatic carbocycles. The lowest BCUT2D eigenvalue weighted by Crippen LogP contribution is -2.43. The molecular weight excluding hydrogens is 467 g/mol. The van der Waals surface area contributed by atoms with E-state index in [-0.39, 0.29) is 29.5 Å². The van der Waals surface area contributed by atoms with E-state index in [9.17, 15) is 27.6 Å². The third-order valence-electron chi connectivity index (χ3n) is 4.85. The minimum Gasteiger partial charge on any atom is -0.479 e. The molecule has 0 spiro atoms. The lowest BCUT2D eigenvalue weighted by molar-refractivity contribution is -0.248. The Hall–Kier alpha value is -3.80. The van der Waals surface area contributed by atoms with E-state index >= 15 is 0 Å². The number of hydrogen-bond donors (Lipinski definition) is 1. The van der Waals surface area contributed by atoms with Gasteiger partial charge >= 0.3 is 23.8 Å². The number of nitrogens with zero attached hydrogens (tertiary/aromatic N) is 4. The summed E-state index contributed by atoms with van der Waals surface area (Å²) in [6.07, 6.45) is -7.67. The molecule has 3 rings (SSSR count). The first-order valence-corrected chi connectivity index (χ1v) is 9.71.